The van der Waals surface area contributed by atoms with E-state index in [4.69, 9.17) is 23.2 Å². The maximum absolute atomic E-state index is 5.04. The zero-order chi connectivity index (χ0) is 12.1. The van der Waals surface area contributed by atoms with Gasteiger partial charge in [0.1, 0.15) is 4.84 Å². The summed E-state index contributed by atoms with van der Waals surface area (Å²) in [5, 5.41) is 5.53. The maximum atomic E-state index is 5.04. The third-order valence-corrected chi connectivity index (χ3v) is 1.99. The second-order valence-electron chi connectivity index (χ2n) is 3.76. The second kappa shape index (κ2) is 6.12. The molecule has 0 amide bonds. The maximum Gasteiger partial charge on any atom is 0.105 e. The first-order valence-electron chi connectivity index (χ1n) is 5.22. The Bertz CT molecular complexity index is 433. The van der Waals surface area contributed by atoms with E-state index in [1.807, 2.05) is 23.0 Å². The number of para-hydroxylation sites is 1. The summed E-state index contributed by atoms with van der Waals surface area (Å²) in [6, 6.07) is 8.70. The fourth-order valence-corrected chi connectivity index (χ4v) is 1.40. The van der Waals surface area contributed by atoms with Crippen LogP contribution in [0.4, 0.5) is 0 Å². The van der Waals surface area contributed by atoms with Gasteiger partial charge in [0.25, 0.3) is 0 Å². The minimum absolute atomic E-state index is 0.222. The zero-order valence-corrected chi connectivity index (χ0v) is 11.2. The number of hydrogen-bond acceptors (Lipinski definition) is 1. The summed E-state index contributed by atoms with van der Waals surface area (Å²) in [5.74, 6) is 0. The van der Waals surface area contributed by atoms with E-state index in [1.54, 1.807) is 6.92 Å². The van der Waals surface area contributed by atoms with Gasteiger partial charge in [-0.3, -0.25) is 4.68 Å². The van der Waals surface area contributed by atoms with Crippen molar-refractivity contribution in [3.63, 3.8) is 0 Å². The smallest absolute Gasteiger partial charge is 0.105 e. The van der Waals surface area contributed by atoms with Crippen LogP contribution in [0.25, 0.3) is 10.9 Å². The van der Waals surface area contributed by atoms with E-state index in [1.165, 1.54) is 10.9 Å². The second-order valence-corrected chi connectivity index (χ2v) is 5.29. The Morgan fingerprint density at radius 3 is 2.25 bits per heavy atom. The summed E-state index contributed by atoms with van der Waals surface area (Å²) in [5.41, 5.74) is 1.22. The van der Waals surface area contributed by atoms with Gasteiger partial charge in [-0.15, -0.1) is 23.2 Å². The topological polar surface area (TPSA) is 17.8 Å². The van der Waals surface area contributed by atoms with Crippen molar-refractivity contribution in [2.24, 2.45) is 0 Å². The fourth-order valence-electron chi connectivity index (χ4n) is 1.40. The molecule has 1 aromatic heterocycles. The van der Waals surface area contributed by atoms with Crippen molar-refractivity contribution in [3.05, 3.63) is 30.5 Å². The normalized spacial score (nSPS) is 10.7. The van der Waals surface area contributed by atoms with Crippen LogP contribution in [-0.2, 0) is 0 Å². The van der Waals surface area contributed by atoms with Crippen LogP contribution in [0.5, 0.6) is 0 Å². The molecule has 0 spiro atoms. The molecule has 2 aromatic rings. The molecule has 0 aliphatic carbocycles. The third kappa shape index (κ3) is 3.69. The zero-order valence-electron chi connectivity index (χ0n) is 9.69. The number of rotatable bonds is 1. The molecule has 0 fully saturated rings. The van der Waals surface area contributed by atoms with E-state index in [2.05, 4.69) is 31.1 Å². The molecule has 0 radical (unpaired) electrons. The SMILES string of the molecule is CC(C)n1ncc2ccccc21.CC(Cl)Cl. The summed E-state index contributed by atoms with van der Waals surface area (Å²) in [6.07, 6.45) is 1.91. The van der Waals surface area contributed by atoms with E-state index < -0.39 is 0 Å². The van der Waals surface area contributed by atoms with Crippen molar-refractivity contribution in [3.8, 4) is 0 Å². The van der Waals surface area contributed by atoms with Crippen LogP contribution in [0.3, 0.4) is 0 Å². The number of halogens is 2. The monoisotopic (exact) mass is 258 g/mol. The first kappa shape index (κ1) is 13.3. The predicted molar refractivity (Wildman–Crippen MR) is 71.3 cm³/mol. The fraction of sp³-hybridized carbons (Fsp3) is 0.417. The van der Waals surface area contributed by atoms with Gasteiger partial charge in [0.2, 0.25) is 0 Å². The molecule has 4 heteroatoms. The highest BCUT2D eigenvalue weighted by Crippen LogP contribution is 2.16. The van der Waals surface area contributed by atoms with Crippen LogP contribution in [0.15, 0.2) is 30.5 Å². The molecule has 0 N–H and O–H groups in total. The van der Waals surface area contributed by atoms with E-state index in [0.29, 0.717) is 6.04 Å². The van der Waals surface area contributed by atoms with Gasteiger partial charge in [-0.25, -0.2) is 0 Å². The molecule has 0 unspecified atom stereocenters. The molecule has 0 atom stereocenters. The predicted octanol–water partition coefficient (Wildman–Crippen LogP) is 4.43. The molecule has 1 aromatic carbocycles. The Labute approximate surface area is 106 Å². The first-order valence-corrected chi connectivity index (χ1v) is 6.10. The average Bonchev–Trinajstić information content (AvgIpc) is 2.59. The average molecular weight is 259 g/mol. The van der Waals surface area contributed by atoms with E-state index in [0.717, 1.165) is 0 Å². The van der Waals surface area contributed by atoms with Crippen LogP contribution in [0.2, 0.25) is 0 Å². The van der Waals surface area contributed by atoms with Crippen LogP contribution in [-0.4, -0.2) is 14.6 Å². The molecule has 0 saturated heterocycles. The quantitative estimate of drug-likeness (QED) is 0.693. The molecule has 16 heavy (non-hydrogen) atoms. The van der Waals surface area contributed by atoms with Crippen LogP contribution in [0, 0.1) is 0 Å². The lowest BCUT2D eigenvalue weighted by Gasteiger charge is -2.05. The minimum Gasteiger partial charge on any atom is -0.262 e. The summed E-state index contributed by atoms with van der Waals surface area (Å²) in [4.78, 5) is -0.222. The summed E-state index contributed by atoms with van der Waals surface area (Å²) in [7, 11) is 0. The number of nitrogens with zero attached hydrogens (tertiary/aromatic N) is 2. The Kier molecular flexibility index (Phi) is 5.10. The molecule has 2 rings (SSSR count). The van der Waals surface area contributed by atoms with Gasteiger partial charge >= 0.3 is 0 Å². The van der Waals surface area contributed by atoms with E-state index in [9.17, 15) is 0 Å². The third-order valence-electron chi connectivity index (χ3n) is 1.99. The minimum atomic E-state index is -0.222. The highest BCUT2D eigenvalue weighted by molar-refractivity contribution is 6.43. The lowest BCUT2D eigenvalue weighted by molar-refractivity contribution is 0.551. The van der Waals surface area contributed by atoms with Crippen molar-refractivity contribution in [2.45, 2.75) is 31.6 Å². The summed E-state index contributed by atoms with van der Waals surface area (Å²) >= 11 is 10.1. The van der Waals surface area contributed by atoms with Crippen LogP contribution < -0.4 is 0 Å². The van der Waals surface area contributed by atoms with Gasteiger partial charge in [0.15, 0.2) is 0 Å². The van der Waals surface area contributed by atoms with E-state index in [-0.39, 0.29) is 4.84 Å². The Balaban J connectivity index is 0.000000280. The van der Waals surface area contributed by atoms with Crippen molar-refractivity contribution in [2.75, 3.05) is 0 Å². The lowest BCUT2D eigenvalue weighted by Crippen LogP contribution is -2.01. The molecule has 88 valence electrons. The van der Waals surface area contributed by atoms with Gasteiger partial charge in [-0.05, 0) is 26.8 Å². The molecular weight excluding hydrogens is 243 g/mol. The van der Waals surface area contributed by atoms with Gasteiger partial charge in [-0.2, -0.15) is 5.10 Å². The summed E-state index contributed by atoms with van der Waals surface area (Å²) < 4.78 is 2.04. The molecule has 0 bridgehead atoms. The van der Waals surface area contributed by atoms with Crippen molar-refractivity contribution in [1.29, 1.82) is 0 Å². The van der Waals surface area contributed by atoms with E-state index >= 15 is 0 Å². The molecular formula is C12H16Cl2N2. The van der Waals surface area contributed by atoms with Crippen molar-refractivity contribution < 1.29 is 0 Å². The first-order chi connectivity index (χ1) is 7.52. The molecule has 0 saturated carbocycles. The molecule has 2 nitrogen and oxygen atoms in total. The number of fused-ring (bicyclic) bond motifs is 1. The Hall–Kier alpha value is -0.730. The standard InChI is InChI=1S/C10H12N2.C2H4Cl2/c1-8(2)12-10-6-4-3-5-9(10)7-11-12;1-2(3)4/h3-8H,1-2H3;2H,1H3. The Morgan fingerprint density at radius 1 is 1.12 bits per heavy atom. The molecule has 0 aliphatic heterocycles. The summed E-state index contributed by atoms with van der Waals surface area (Å²) in [6.45, 7) is 5.97. The molecule has 0 aliphatic rings. The van der Waals surface area contributed by atoms with Crippen LogP contribution in [0.1, 0.15) is 26.8 Å². The van der Waals surface area contributed by atoms with Crippen molar-refractivity contribution >= 4 is 34.1 Å². The molecule has 1 heterocycles. The number of alkyl halides is 2. The largest absolute Gasteiger partial charge is 0.262 e. The van der Waals surface area contributed by atoms with Gasteiger partial charge in [0.05, 0.1) is 11.7 Å². The number of hydrogen-bond donors (Lipinski definition) is 0. The van der Waals surface area contributed by atoms with Crippen molar-refractivity contribution in [1.82, 2.24) is 9.78 Å². The van der Waals surface area contributed by atoms with Gasteiger partial charge < -0.3 is 0 Å². The number of aromatic nitrogens is 2. The lowest BCUT2D eigenvalue weighted by atomic mass is 10.2. The highest BCUT2D eigenvalue weighted by atomic mass is 35.5. The van der Waals surface area contributed by atoms with Gasteiger partial charge in [0, 0.05) is 11.4 Å². The Morgan fingerprint density at radius 2 is 1.69 bits per heavy atom. The highest BCUT2D eigenvalue weighted by Gasteiger charge is 2.03. The number of benzene rings is 1. The van der Waals surface area contributed by atoms with Crippen LogP contribution >= 0.6 is 23.2 Å². The van der Waals surface area contributed by atoms with Gasteiger partial charge in [-0.1, -0.05) is 18.2 Å².